The van der Waals surface area contributed by atoms with Crippen molar-refractivity contribution >= 4 is 19.8 Å². The van der Waals surface area contributed by atoms with Crippen molar-refractivity contribution in [2.75, 3.05) is 13.2 Å². The molecule has 4 N–H and O–H groups in total. The van der Waals surface area contributed by atoms with Crippen molar-refractivity contribution < 1.29 is 48.2 Å². The van der Waals surface area contributed by atoms with Gasteiger partial charge in [-0.25, -0.2) is 4.57 Å². The number of hydrogen-bond acceptors (Lipinski definition) is 8. The molecule has 0 aliphatic carbocycles. The van der Waals surface area contributed by atoms with Crippen molar-refractivity contribution in [3.63, 3.8) is 0 Å². The van der Waals surface area contributed by atoms with E-state index in [-0.39, 0.29) is 19.4 Å². The molecule has 0 unspecified atom stereocenters. The summed E-state index contributed by atoms with van der Waals surface area (Å²) in [5.41, 5.74) is 0. The fourth-order valence-corrected chi connectivity index (χ4v) is 5.53. The van der Waals surface area contributed by atoms with Crippen LogP contribution in [0.1, 0.15) is 149 Å². The SMILES string of the molecule is CC/C=C\C[C@@H](O)/C=C/C=C\C/C=C\C=C\[C@@H](O)/C=C\CCCC(=O)OC[C@H](COP(=O)(O)O)OC(=O)CCCCCCCCCCCCCCCC. The van der Waals surface area contributed by atoms with Crippen LogP contribution in [-0.4, -0.2) is 63.5 Å². The Bertz CT molecular complexity index is 1120. The van der Waals surface area contributed by atoms with Crippen LogP contribution in [-0.2, 0) is 28.2 Å². The van der Waals surface area contributed by atoms with Gasteiger partial charge in [0.25, 0.3) is 0 Å². The van der Waals surface area contributed by atoms with Crippen molar-refractivity contribution in [1.82, 2.24) is 0 Å². The van der Waals surface area contributed by atoms with Gasteiger partial charge in [-0.05, 0) is 38.5 Å². The van der Waals surface area contributed by atoms with Crippen LogP contribution in [0.15, 0.2) is 72.9 Å². The lowest BCUT2D eigenvalue weighted by molar-refractivity contribution is -0.161. The molecule has 0 aromatic rings. The van der Waals surface area contributed by atoms with E-state index in [1.54, 1.807) is 30.4 Å². The fourth-order valence-electron chi connectivity index (χ4n) is 5.17. The van der Waals surface area contributed by atoms with Crippen molar-refractivity contribution in [3.8, 4) is 0 Å². The largest absolute Gasteiger partial charge is 0.469 e. The van der Waals surface area contributed by atoms with E-state index in [1.807, 2.05) is 42.5 Å². The van der Waals surface area contributed by atoms with Crippen LogP contribution in [0.25, 0.3) is 0 Å². The molecule has 0 rings (SSSR count). The number of hydrogen-bond donors (Lipinski definition) is 4. The lowest BCUT2D eigenvalue weighted by Gasteiger charge is -2.18. The van der Waals surface area contributed by atoms with Gasteiger partial charge in [0.1, 0.15) is 6.61 Å². The number of aliphatic hydroxyl groups is 2. The molecule has 0 aromatic carbocycles. The molecule has 0 spiro atoms. The van der Waals surface area contributed by atoms with Crippen LogP contribution in [0.4, 0.5) is 0 Å². The summed E-state index contributed by atoms with van der Waals surface area (Å²) in [6, 6.07) is 0. The third-order valence-electron chi connectivity index (χ3n) is 8.16. The molecule has 0 aliphatic rings. The zero-order valence-electron chi connectivity index (χ0n) is 32.6. The zero-order chi connectivity index (χ0) is 39.3. The van der Waals surface area contributed by atoms with Gasteiger partial charge in [0.2, 0.25) is 0 Å². The number of esters is 2. The molecule has 0 amide bonds. The predicted octanol–water partition coefficient (Wildman–Crippen LogP) is 9.84. The molecule has 3 atom stereocenters. The third kappa shape index (κ3) is 38.9. The van der Waals surface area contributed by atoms with Gasteiger partial charge in [0, 0.05) is 12.8 Å². The molecule has 0 saturated carbocycles. The van der Waals surface area contributed by atoms with E-state index in [2.05, 4.69) is 18.4 Å². The highest BCUT2D eigenvalue weighted by molar-refractivity contribution is 7.46. The lowest BCUT2D eigenvalue weighted by Crippen LogP contribution is -2.29. The van der Waals surface area contributed by atoms with E-state index in [0.717, 1.165) is 25.7 Å². The third-order valence-corrected chi connectivity index (χ3v) is 8.65. The minimum Gasteiger partial charge on any atom is -0.462 e. The van der Waals surface area contributed by atoms with Gasteiger partial charge >= 0.3 is 19.8 Å². The maximum Gasteiger partial charge on any atom is 0.469 e. The smallest absolute Gasteiger partial charge is 0.462 e. The average molecular weight is 767 g/mol. The minimum absolute atomic E-state index is 0.0790. The Morgan fingerprint density at radius 1 is 0.623 bits per heavy atom. The Hall–Kier alpha value is -2.59. The summed E-state index contributed by atoms with van der Waals surface area (Å²) in [4.78, 5) is 42.8. The molecule has 0 saturated heterocycles. The van der Waals surface area contributed by atoms with E-state index in [4.69, 9.17) is 19.3 Å². The lowest BCUT2D eigenvalue weighted by atomic mass is 10.0. The van der Waals surface area contributed by atoms with Gasteiger partial charge in [-0.3, -0.25) is 14.1 Å². The van der Waals surface area contributed by atoms with Crippen LogP contribution in [0, 0.1) is 0 Å². The topological polar surface area (TPSA) is 160 Å². The van der Waals surface area contributed by atoms with E-state index < -0.39 is 44.7 Å². The highest BCUT2D eigenvalue weighted by Gasteiger charge is 2.22. The molecule has 0 aromatic heterocycles. The first-order chi connectivity index (χ1) is 25.6. The molecule has 0 bridgehead atoms. The normalized spacial score (nSPS) is 14.5. The second-order valence-corrected chi connectivity index (χ2v) is 14.5. The molecule has 0 heterocycles. The molecule has 11 heteroatoms. The summed E-state index contributed by atoms with van der Waals surface area (Å²) in [6.45, 7) is 3.32. The number of phosphoric ester groups is 1. The van der Waals surface area contributed by atoms with Gasteiger partial charge in [0.15, 0.2) is 6.10 Å². The molecule has 0 radical (unpaired) electrons. The molecular weight excluding hydrogens is 695 g/mol. The van der Waals surface area contributed by atoms with Gasteiger partial charge in [-0.2, -0.15) is 0 Å². The first-order valence-corrected chi connectivity index (χ1v) is 21.5. The number of carbonyl (C=O) groups is 2. The maximum atomic E-state index is 12.4. The quantitative estimate of drug-likeness (QED) is 0.0161. The molecule has 10 nitrogen and oxygen atoms in total. The summed E-state index contributed by atoms with van der Waals surface area (Å²) in [7, 11) is -4.80. The predicted molar refractivity (Wildman–Crippen MR) is 214 cm³/mol. The standard InChI is InChI=1S/C42H71O10P/c1-3-5-7-8-9-10-11-12-13-14-15-19-22-28-35-42(46)52-40(37-51-53(47,48)49)36-50-41(45)34-29-23-27-33-39(44)32-26-21-18-16-17-20-25-31-38(43)30-24-6-4-2/h6,17-18,20-21,24-27,31-33,38-40,43-44H,3-5,7-16,19,22-23,28-30,34-37H2,1-2H3,(H2,47,48,49)/b20-17-,21-18-,24-6-,31-25+,32-26+,33-27-/t38-,39-,40-/m1/s1. The monoisotopic (exact) mass is 766 g/mol. The number of ether oxygens (including phenoxy) is 2. The number of carbonyl (C=O) groups excluding carboxylic acids is 2. The highest BCUT2D eigenvalue weighted by atomic mass is 31.2. The number of aliphatic hydroxyl groups excluding tert-OH is 2. The van der Waals surface area contributed by atoms with E-state index in [1.165, 1.54) is 64.2 Å². The molecule has 0 fully saturated rings. The Kier molecular flexibility index (Phi) is 34.6. The summed E-state index contributed by atoms with van der Waals surface area (Å²) < 4.78 is 26.2. The molecular formula is C42H71O10P. The number of phosphoric acid groups is 1. The maximum absolute atomic E-state index is 12.4. The van der Waals surface area contributed by atoms with Crippen LogP contribution < -0.4 is 0 Å². The van der Waals surface area contributed by atoms with Gasteiger partial charge in [-0.15, -0.1) is 0 Å². The summed E-state index contributed by atoms with van der Waals surface area (Å²) in [5.74, 6) is -1.07. The molecule has 304 valence electrons. The fraction of sp³-hybridized carbons (Fsp3) is 0.667. The van der Waals surface area contributed by atoms with Crippen molar-refractivity contribution in [2.45, 2.75) is 167 Å². The number of allylic oxidation sites excluding steroid dienone is 8. The van der Waals surface area contributed by atoms with Crippen LogP contribution >= 0.6 is 7.82 Å². The summed E-state index contributed by atoms with van der Waals surface area (Å²) in [6.07, 6.45) is 39.8. The van der Waals surface area contributed by atoms with Gasteiger partial charge in [-0.1, -0.05) is 170 Å². The second kappa shape index (κ2) is 36.4. The van der Waals surface area contributed by atoms with E-state index >= 15 is 0 Å². The molecule has 0 aliphatic heterocycles. The minimum atomic E-state index is -4.80. The van der Waals surface area contributed by atoms with Gasteiger partial charge < -0.3 is 29.5 Å². The van der Waals surface area contributed by atoms with E-state index in [9.17, 15) is 24.4 Å². The van der Waals surface area contributed by atoms with Crippen LogP contribution in [0.3, 0.4) is 0 Å². The van der Waals surface area contributed by atoms with Crippen LogP contribution in [0.5, 0.6) is 0 Å². The van der Waals surface area contributed by atoms with Crippen molar-refractivity contribution in [1.29, 1.82) is 0 Å². The summed E-state index contributed by atoms with van der Waals surface area (Å²) >= 11 is 0. The Balaban J connectivity index is 4.22. The average Bonchev–Trinajstić information content (AvgIpc) is 3.11. The Morgan fingerprint density at radius 3 is 1.77 bits per heavy atom. The second-order valence-electron chi connectivity index (χ2n) is 13.3. The Labute approximate surface area is 320 Å². The summed E-state index contributed by atoms with van der Waals surface area (Å²) in [5, 5.41) is 19.9. The van der Waals surface area contributed by atoms with Crippen molar-refractivity contribution in [3.05, 3.63) is 72.9 Å². The molecule has 53 heavy (non-hydrogen) atoms. The van der Waals surface area contributed by atoms with Gasteiger partial charge in [0.05, 0.1) is 18.8 Å². The number of rotatable bonds is 35. The zero-order valence-corrected chi connectivity index (χ0v) is 33.5. The first-order valence-electron chi connectivity index (χ1n) is 20.0. The van der Waals surface area contributed by atoms with E-state index in [0.29, 0.717) is 32.1 Å². The highest BCUT2D eigenvalue weighted by Crippen LogP contribution is 2.36. The van der Waals surface area contributed by atoms with Crippen LogP contribution in [0.2, 0.25) is 0 Å². The first kappa shape index (κ1) is 50.4. The van der Waals surface area contributed by atoms with Crippen molar-refractivity contribution in [2.24, 2.45) is 0 Å². The number of unbranched alkanes of at least 4 members (excludes halogenated alkanes) is 14. The Morgan fingerprint density at radius 2 is 1.19 bits per heavy atom.